The molecule has 2 aromatic rings. The molecule has 2 fully saturated rings. The number of nitrogens with zero attached hydrogens (tertiary/aromatic N) is 4. The van der Waals surface area contributed by atoms with Crippen LogP contribution in [0.3, 0.4) is 0 Å². The van der Waals surface area contributed by atoms with E-state index in [9.17, 15) is 9.59 Å². The SMILES string of the molecule is CCn1cncc1C(=O)N1CCC[C@@H](c2ccc(C(=O)NC3CCCC3)cn2)C1. The third-order valence-corrected chi connectivity index (χ3v) is 6.14. The number of amides is 2. The van der Waals surface area contributed by atoms with Crippen molar-refractivity contribution in [3.8, 4) is 0 Å². The molecule has 4 rings (SSSR count). The van der Waals surface area contributed by atoms with Gasteiger partial charge >= 0.3 is 0 Å². The molecule has 2 aromatic heterocycles. The number of aromatic nitrogens is 3. The van der Waals surface area contributed by atoms with E-state index in [0.717, 1.165) is 44.5 Å². The smallest absolute Gasteiger partial charge is 0.272 e. The van der Waals surface area contributed by atoms with Crippen LogP contribution in [0.2, 0.25) is 0 Å². The van der Waals surface area contributed by atoms with Gasteiger partial charge in [-0.25, -0.2) is 4.98 Å². The highest BCUT2D eigenvalue weighted by molar-refractivity contribution is 5.94. The van der Waals surface area contributed by atoms with Crippen LogP contribution in [0.15, 0.2) is 30.9 Å². The summed E-state index contributed by atoms with van der Waals surface area (Å²) in [5.74, 6) is 0.184. The highest BCUT2D eigenvalue weighted by Crippen LogP contribution is 2.27. The van der Waals surface area contributed by atoms with Crippen LogP contribution >= 0.6 is 0 Å². The molecule has 7 heteroatoms. The van der Waals surface area contributed by atoms with Crippen LogP contribution in [-0.2, 0) is 6.54 Å². The topological polar surface area (TPSA) is 80.1 Å². The van der Waals surface area contributed by atoms with Crippen LogP contribution in [0.5, 0.6) is 0 Å². The Balaban J connectivity index is 1.40. The van der Waals surface area contributed by atoms with Gasteiger partial charge in [-0.2, -0.15) is 0 Å². The van der Waals surface area contributed by atoms with Crippen LogP contribution in [0.4, 0.5) is 0 Å². The van der Waals surface area contributed by atoms with Gasteiger partial charge in [-0.05, 0) is 44.7 Å². The predicted molar refractivity (Wildman–Crippen MR) is 110 cm³/mol. The number of hydrogen-bond acceptors (Lipinski definition) is 4. The van der Waals surface area contributed by atoms with Crippen molar-refractivity contribution in [3.63, 3.8) is 0 Å². The van der Waals surface area contributed by atoms with E-state index in [1.807, 2.05) is 28.5 Å². The number of rotatable bonds is 5. The van der Waals surface area contributed by atoms with E-state index in [0.29, 0.717) is 23.8 Å². The molecule has 1 saturated carbocycles. The van der Waals surface area contributed by atoms with E-state index in [-0.39, 0.29) is 17.7 Å². The van der Waals surface area contributed by atoms with Crippen molar-refractivity contribution >= 4 is 11.8 Å². The zero-order valence-corrected chi connectivity index (χ0v) is 17.0. The second-order valence-electron chi connectivity index (χ2n) is 8.08. The Morgan fingerprint density at radius 1 is 1.14 bits per heavy atom. The molecule has 0 aromatic carbocycles. The van der Waals surface area contributed by atoms with Crippen molar-refractivity contribution in [2.75, 3.05) is 13.1 Å². The fourth-order valence-electron chi connectivity index (χ4n) is 4.44. The Hall–Kier alpha value is -2.70. The lowest BCUT2D eigenvalue weighted by molar-refractivity contribution is 0.0695. The molecule has 29 heavy (non-hydrogen) atoms. The monoisotopic (exact) mass is 395 g/mol. The molecule has 3 heterocycles. The fraction of sp³-hybridized carbons (Fsp3) is 0.545. The number of carbonyl (C=O) groups is 2. The van der Waals surface area contributed by atoms with Gasteiger partial charge in [0, 0.05) is 43.5 Å². The minimum absolute atomic E-state index is 0.0293. The second kappa shape index (κ2) is 8.76. The molecule has 2 aliphatic rings. The average Bonchev–Trinajstić information content (AvgIpc) is 3.45. The summed E-state index contributed by atoms with van der Waals surface area (Å²) in [5.41, 5.74) is 2.19. The summed E-state index contributed by atoms with van der Waals surface area (Å²) in [6, 6.07) is 4.11. The third-order valence-electron chi connectivity index (χ3n) is 6.14. The molecule has 1 atom stereocenters. The molecular weight excluding hydrogens is 366 g/mol. The zero-order valence-electron chi connectivity index (χ0n) is 17.0. The molecule has 0 spiro atoms. The third kappa shape index (κ3) is 4.33. The van der Waals surface area contributed by atoms with E-state index in [4.69, 9.17) is 0 Å². The van der Waals surface area contributed by atoms with Crippen LogP contribution in [0.25, 0.3) is 0 Å². The summed E-state index contributed by atoms with van der Waals surface area (Å²) >= 11 is 0. The maximum absolute atomic E-state index is 12.9. The lowest BCUT2D eigenvalue weighted by Gasteiger charge is -2.32. The summed E-state index contributed by atoms with van der Waals surface area (Å²) in [6.45, 7) is 4.14. The quantitative estimate of drug-likeness (QED) is 0.844. The maximum Gasteiger partial charge on any atom is 0.272 e. The van der Waals surface area contributed by atoms with Gasteiger partial charge in [0.1, 0.15) is 5.69 Å². The molecule has 0 radical (unpaired) electrons. The highest BCUT2D eigenvalue weighted by Gasteiger charge is 2.28. The van der Waals surface area contributed by atoms with Gasteiger partial charge in [-0.1, -0.05) is 12.8 Å². The van der Waals surface area contributed by atoms with Gasteiger partial charge < -0.3 is 14.8 Å². The van der Waals surface area contributed by atoms with Gasteiger partial charge in [0.2, 0.25) is 0 Å². The number of pyridine rings is 1. The number of carbonyl (C=O) groups excluding carboxylic acids is 2. The zero-order chi connectivity index (χ0) is 20.2. The molecule has 1 saturated heterocycles. The van der Waals surface area contributed by atoms with Crippen molar-refractivity contribution in [2.45, 2.75) is 64.0 Å². The molecule has 7 nitrogen and oxygen atoms in total. The first-order valence-electron chi connectivity index (χ1n) is 10.7. The minimum atomic E-state index is -0.0378. The van der Waals surface area contributed by atoms with Gasteiger partial charge in [-0.3, -0.25) is 14.6 Å². The summed E-state index contributed by atoms with van der Waals surface area (Å²) < 4.78 is 1.88. The van der Waals surface area contributed by atoms with Crippen molar-refractivity contribution in [2.24, 2.45) is 0 Å². The van der Waals surface area contributed by atoms with E-state index in [1.54, 1.807) is 18.7 Å². The van der Waals surface area contributed by atoms with Crippen LogP contribution in [0.1, 0.15) is 77.9 Å². The fourth-order valence-corrected chi connectivity index (χ4v) is 4.44. The van der Waals surface area contributed by atoms with Crippen molar-refractivity contribution in [1.82, 2.24) is 24.8 Å². The number of nitrogens with one attached hydrogen (secondary N) is 1. The summed E-state index contributed by atoms with van der Waals surface area (Å²) in [4.78, 5) is 35.9. The average molecular weight is 396 g/mol. The number of aryl methyl sites for hydroxylation is 1. The summed E-state index contributed by atoms with van der Waals surface area (Å²) in [6.07, 6.45) is 11.5. The van der Waals surface area contributed by atoms with Gasteiger partial charge in [0.25, 0.3) is 11.8 Å². The lowest BCUT2D eigenvalue weighted by Crippen LogP contribution is -2.40. The Morgan fingerprint density at radius 2 is 1.97 bits per heavy atom. The Kier molecular flexibility index (Phi) is 5.92. The summed E-state index contributed by atoms with van der Waals surface area (Å²) in [5, 5.41) is 3.10. The molecule has 154 valence electrons. The molecule has 2 amide bonds. The van der Waals surface area contributed by atoms with Gasteiger partial charge in [0.05, 0.1) is 18.1 Å². The molecule has 1 aliphatic heterocycles. The molecule has 0 bridgehead atoms. The predicted octanol–water partition coefficient (Wildman–Crippen LogP) is 2.99. The van der Waals surface area contributed by atoms with Gasteiger partial charge in [-0.15, -0.1) is 0 Å². The van der Waals surface area contributed by atoms with Crippen LogP contribution in [0, 0.1) is 0 Å². The first-order chi connectivity index (χ1) is 14.2. The maximum atomic E-state index is 12.9. The number of hydrogen-bond donors (Lipinski definition) is 1. The van der Waals surface area contributed by atoms with Crippen molar-refractivity contribution in [1.29, 1.82) is 0 Å². The second-order valence-corrected chi connectivity index (χ2v) is 8.08. The number of piperidine rings is 1. The molecule has 1 N–H and O–H groups in total. The van der Waals surface area contributed by atoms with Crippen molar-refractivity contribution < 1.29 is 9.59 Å². The lowest BCUT2D eigenvalue weighted by atomic mass is 9.93. The van der Waals surface area contributed by atoms with E-state index in [1.165, 1.54) is 12.8 Å². The first kappa shape index (κ1) is 19.6. The highest BCUT2D eigenvalue weighted by atomic mass is 16.2. The Labute approximate surface area is 171 Å². The Bertz CT molecular complexity index is 854. The molecular formula is C22H29N5O2. The van der Waals surface area contributed by atoms with Gasteiger partial charge in [0.15, 0.2) is 0 Å². The largest absolute Gasteiger partial charge is 0.349 e. The minimum Gasteiger partial charge on any atom is -0.349 e. The number of likely N-dealkylation sites (tertiary alicyclic amines) is 1. The molecule has 1 aliphatic carbocycles. The van der Waals surface area contributed by atoms with E-state index < -0.39 is 0 Å². The van der Waals surface area contributed by atoms with Crippen LogP contribution in [-0.4, -0.2) is 50.4 Å². The van der Waals surface area contributed by atoms with E-state index >= 15 is 0 Å². The van der Waals surface area contributed by atoms with Crippen molar-refractivity contribution in [3.05, 3.63) is 47.8 Å². The summed E-state index contributed by atoms with van der Waals surface area (Å²) in [7, 11) is 0. The number of imidazole rings is 1. The van der Waals surface area contributed by atoms with Crippen LogP contribution < -0.4 is 5.32 Å². The standard InChI is InChI=1S/C22H29N5O2/c1-2-26-15-23-13-20(26)22(29)27-11-5-6-17(14-27)19-10-9-16(12-24-19)21(28)25-18-7-3-4-8-18/h9-10,12-13,15,17-18H,2-8,11,14H2,1H3,(H,25,28)/t17-/m1/s1. The Morgan fingerprint density at radius 3 is 2.69 bits per heavy atom. The van der Waals surface area contributed by atoms with E-state index in [2.05, 4.69) is 15.3 Å². The normalized spacial score (nSPS) is 20.0. The molecule has 0 unspecified atom stereocenters. The first-order valence-corrected chi connectivity index (χ1v) is 10.7.